The van der Waals surface area contributed by atoms with Gasteiger partial charge in [-0.1, -0.05) is 48.5 Å². The quantitative estimate of drug-likeness (QED) is 0.0318. The first kappa shape index (κ1) is 87.5. The molecule has 9 aromatic rings. The maximum Gasteiger partial charge on any atom is 0.336 e. The number of carboxylic acid groups (broad SMARTS) is 1. The molecule has 0 radical (unpaired) electrons. The molecule has 0 saturated heterocycles. The third-order valence-corrected chi connectivity index (χ3v) is 30.9. The molecule has 6 atom stereocenters. The average molecular weight is 1820 g/mol. The van der Waals surface area contributed by atoms with Crippen molar-refractivity contribution in [1.29, 1.82) is 14.3 Å². The van der Waals surface area contributed by atoms with Crippen LogP contribution >= 0.6 is 0 Å². The van der Waals surface area contributed by atoms with Gasteiger partial charge in [-0.15, -0.1) is 0 Å². The fraction of sp³-hybridized carbons (Fsp3) is 0.453. The number of nitrogens with zero attached hydrogens (tertiary/aromatic N) is 9. The number of benzene rings is 5. The summed E-state index contributed by atoms with van der Waals surface area (Å²) < 4.78 is 140. The number of carbonyl (C=O) groups excluding carboxylic acids is 4. The number of carbonyl (C=O) groups is 5. The van der Waals surface area contributed by atoms with Crippen molar-refractivity contribution in [3.63, 3.8) is 0 Å². The summed E-state index contributed by atoms with van der Waals surface area (Å²) in [6.07, 6.45) is 28.8. The number of aromatic carboxylic acids is 1. The van der Waals surface area contributed by atoms with Crippen molar-refractivity contribution in [2.75, 3.05) is 67.5 Å². The zero-order chi connectivity index (χ0) is 88.5. The highest BCUT2D eigenvalue weighted by Gasteiger charge is 2.38. The molecule has 0 bridgehead atoms. The van der Waals surface area contributed by atoms with Crippen LogP contribution in [0.5, 0.6) is 17.6 Å². The molecule has 4 unspecified atom stereocenters. The summed E-state index contributed by atoms with van der Waals surface area (Å²) in [6, 6.07) is 15.2. The highest BCUT2D eigenvalue weighted by molar-refractivity contribution is 7.92. The predicted molar refractivity (Wildman–Crippen MR) is 470 cm³/mol. The van der Waals surface area contributed by atoms with Gasteiger partial charge in [0, 0.05) is 62.0 Å². The number of alkyl halides is 2. The van der Waals surface area contributed by atoms with E-state index in [-0.39, 0.29) is 82.3 Å². The summed E-state index contributed by atoms with van der Waals surface area (Å²) in [6.45, 7) is 1.99. The number of urea groups is 4. The van der Waals surface area contributed by atoms with E-state index in [9.17, 15) is 54.7 Å². The Morgan fingerprint density at radius 3 is 1.20 bits per heavy atom. The molecule has 4 aromatic heterocycles. The lowest BCUT2D eigenvalue weighted by Gasteiger charge is -2.25. The topological polar surface area (TPSA) is 477 Å². The van der Waals surface area contributed by atoms with Crippen LogP contribution < -0.4 is 65.0 Å². The van der Waals surface area contributed by atoms with E-state index in [1.807, 2.05) is 30.3 Å². The van der Waals surface area contributed by atoms with Gasteiger partial charge in [0.2, 0.25) is 17.6 Å². The molecule has 3 aliphatic heterocycles. The Bertz CT molecular complexity index is 6030. The molecule has 20 rings (SSSR count). The molecule has 35 nitrogen and oxygen atoms in total. The number of hydrogen-bond acceptors (Lipinski definition) is 22. The number of amides is 8. The summed E-state index contributed by atoms with van der Waals surface area (Å²) in [5.41, 5.74) is 22.6. The van der Waals surface area contributed by atoms with Gasteiger partial charge in [-0.25, -0.2) is 101 Å². The molecular weight excluding hydrogens is 1720 g/mol. The number of hydrogen-bond donors (Lipinski definition) is 14. The van der Waals surface area contributed by atoms with E-state index in [2.05, 4.69) is 93.7 Å². The molecule has 0 fully saturated rings. The van der Waals surface area contributed by atoms with Crippen molar-refractivity contribution >= 4 is 92.5 Å². The first-order valence-electron chi connectivity index (χ1n) is 43.3. The zero-order valence-electron chi connectivity index (χ0n) is 70.4. The van der Waals surface area contributed by atoms with Crippen molar-refractivity contribution in [3.8, 4) is 17.6 Å². The van der Waals surface area contributed by atoms with Crippen molar-refractivity contribution in [2.24, 2.45) is 11.4 Å². The van der Waals surface area contributed by atoms with E-state index < -0.39 is 83.1 Å². The lowest BCUT2D eigenvalue weighted by Crippen LogP contribution is -2.43. The van der Waals surface area contributed by atoms with Crippen LogP contribution in [0.4, 0.5) is 50.7 Å². The minimum atomic E-state index is -3.69. The highest BCUT2D eigenvalue weighted by atomic mass is 32.2. The number of rotatable bonds is 21. The van der Waals surface area contributed by atoms with Crippen LogP contribution in [-0.4, -0.2) is 150 Å². The van der Waals surface area contributed by atoms with Crippen molar-refractivity contribution in [1.82, 2.24) is 68.6 Å². The summed E-state index contributed by atoms with van der Waals surface area (Å²) in [7, 11) is -12.6. The number of aromatic nitrogens is 8. The van der Waals surface area contributed by atoms with E-state index >= 15 is 0 Å². The van der Waals surface area contributed by atoms with Crippen LogP contribution in [0.1, 0.15) is 163 Å². The fourth-order valence-corrected chi connectivity index (χ4v) is 24.0. The fourth-order valence-electron chi connectivity index (χ4n) is 19.5. The Morgan fingerprint density at radius 2 is 0.819 bits per heavy atom. The third-order valence-electron chi connectivity index (χ3n) is 25.1. The number of anilines is 4. The Balaban J connectivity index is 0.000000119. The lowest BCUT2D eigenvalue weighted by atomic mass is 9.92. The Kier molecular flexibility index (Phi) is 25.5. The molecule has 8 amide bonds. The van der Waals surface area contributed by atoms with E-state index in [0.29, 0.717) is 63.2 Å². The Morgan fingerprint density at radius 1 is 0.465 bits per heavy atom. The van der Waals surface area contributed by atoms with Gasteiger partial charge in [0.15, 0.2) is 44.7 Å². The van der Waals surface area contributed by atoms with Crippen molar-refractivity contribution in [3.05, 3.63) is 180 Å². The molecule has 14 N–H and O–H groups in total. The Labute approximate surface area is 734 Å². The Hall–Kier alpha value is -11.5. The van der Waals surface area contributed by atoms with E-state index in [0.717, 1.165) is 202 Å². The lowest BCUT2D eigenvalue weighted by molar-refractivity contribution is 0.0694. The summed E-state index contributed by atoms with van der Waals surface area (Å²) in [4.78, 5) is 63.6. The average Bonchev–Trinajstić information content (AvgIpc) is 1.62. The molecule has 8 aliphatic carbocycles. The molecule has 5 aromatic carbocycles. The first-order valence-corrected chi connectivity index (χ1v) is 49.5. The minimum absolute atomic E-state index is 0.0279. The number of carboxylic acids is 1. The molecule has 41 heteroatoms. The van der Waals surface area contributed by atoms with Crippen LogP contribution in [0.15, 0.2) is 103 Å². The molecule has 0 spiro atoms. The predicted octanol–water partition coefficient (Wildman–Crippen LogP) is 11.3. The summed E-state index contributed by atoms with van der Waals surface area (Å²) in [5.74, 6) is -0.276. The largest absolute Gasteiger partial charge is 0.478 e. The van der Waals surface area contributed by atoms with Gasteiger partial charge in [-0.3, -0.25) is 4.68 Å². The summed E-state index contributed by atoms with van der Waals surface area (Å²) in [5, 5.41) is 44.4. The first-order chi connectivity index (χ1) is 61.3. The third kappa shape index (κ3) is 18.5. The highest BCUT2D eigenvalue weighted by Crippen LogP contribution is 2.45. The number of ether oxygens (including phenoxy) is 3. The second kappa shape index (κ2) is 37.0. The van der Waals surface area contributed by atoms with Gasteiger partial charge in [0.05, 0.1) is 62.5 Å². The number of fused-ring (bicyclic) bond motifs is 11. The van der Waals surface area contributed by atoms with Gasteiger partial charge in [-0.2, -0.15) is 20.4 Å². The van der Waals surface area contributed by atoms with Gasteiger partial charge in [-0.05, 0) is 255 Å². The molecule has 7 heterocycles. The molecular formula is C86H104F2N22O13S4. The molecule has 674 valence electrons. The van der Waals surface area contributed by atoms with Crippen LogP contribution in [0.2, 0.25) is 0 Å². The molecule has 0 saturated carbocycles. The zero-order valence-corrected chi connectivity index (χ0v) is 73.6. The van der Waals surface area contributed by atoms with Crippen molar-refractivity contribution in [2.45, 2.75) is 218 Å². The second-order valence-electron chi connectivity index (χ2n) is 33.4. The number of nitrogens with one attached hydrogen (secondary N) is 13. The monoisotopic (exact) mass is 1820 g/mol. The van der Waals surface area contributed by atoms with E-state index in [1.165, 1.54) is 77.1 Å². The molecule has 11 aliphatic rings. The van der Waals surface area contributed by atoms with Crippen molar-refractivity contribution < 1.29 is 68.9 Å². The van der Waals surface area contributed by atoms with Crippen LogP contribution in [-0.2, 0) is 176 Å². The van der Waals surface area contributed by atoms with Crippen LogP contribution in [0, 0.1) is 14.3 Å². The van der Waals surface area contributed by atoms with Crippen LogP contribution in [0.25, 0.3) is 0 Å². The van der Waals surface area contributed by atoms with Gasteiger partial charge in [0.1, 0.15) is 41.2 Å². The number of halogens is 2. The SMILES string of the molecule is Cn1ccc(S(=O)(=NCc2ccccc2)NC(=O)Nc2c3c(cc4c2CCC4)CCC3)n1.N=S(=O)(NC(=O)Nc1c2c(c(C(=O)O)c3c1CCC3)CCC2)c1cnn2c1OCCC2.N=S(=O)(NC(=O)Nc1c2c(cc3c1CCC3)CCC2)c1cnn2c1OC[C@@H](NCCF)C2.N=S(=O)(NC(=O)Nc1c2c(cc3c1CCC3)CCC2)c1cnn2c1OC[C@@H](NCCF)C2. The maximum absolute atomic E-state index is 13.8. The van der Waals surface area contributed by atoms with Gasteiger partial charge >= 0.3 is 30.1 Å². The number of aryl methyl sites for hydroxylation is 8. The smallest absolute Gasteiger partial charge is 0.336 e. The van der Waals surface area contributed by atoms with E-state index in [1.54, 1.807) is 24.0 Å². The van der Waals surface area contributed by atoms with Gasteiger partial charge in [0.25, 0.3) is 0 Å². The standard InChI is InChI=1S/C24H27N5O2S.2C21H27FN6O3S.C20H23N5O5S/c1-29-14-13-22(27-29)32(31,25-16-17-7-3-2-4-8-17)28-24(30)26-23-20-11-5-9-18(20)15-19-10-6-12-21(19)23;2*22-7-8-24-15-11-28-20(31-12-15)18(10-25-28)32(23,30)27-21(29)26-19-16-5-1-3-13(16)9-14-4-2-6-17(14)19;21-31(29,15-10-22-25-8-3-9-30-18(15)25)24-20(28)23-17-13-6-1-4-11(13)16(19(26)27)12-5-2-7-14(12)17/h2-4,7-8,13-15H,5-6,9-12,16H2,1H3,(H2,25,26,28,30,31);2*9-10,15,24H,1-8,11-12H2,(H3,23,26,27,29,30);10H,1-9H2,(H,26,27)(H3,21,23,24,28,29)/t;2*15-,32?;/m.00./s1. The summed E-state index contributed by atoms with van der Waals surface area (Å²) >= 11 is 0. The molecule has 127 heavy (non-hydrogen) atoms. The van der Waals surface area contributed by atoms with E-state index in [4.69, 9.17) is 28.5 Å². The minimum Gasteiger partial charge on any atom is -0.478 e. The van der Waals surface area contributed by atoms with Crippen LogP contribution in [0.3, 0.4) is 0 Å². The van der Waals surface area contributed by atoms with Gasteiger partial charge < -0.3 is 51.2 Å². The maximum atomic E-state index is 13.8. The second-order valence-corrected chi connectivity index (χ2v) is 40.6. The normalized spacial score (nSPS) is 18.9.